The minimum absolute atomic E-state index is 0.0121. The lowest BCUT2D eigenvalue weighted by molar-refractivity contribution is -0.0418. The van der Waals surface area contributed by atoms with E-state index < -0.39 is 0 Å². The van der Waals surface area contributed by atoms with E-state index >= 15 is 0 Å². The molecule has 0 fully saturated rings. The predicted molar refractivity (Wildman–Crippen MR) is 66.8 cm³/mol. The molecule has 0 aliphatic carbocycles. The van der Waals surface area contributed by atoms with Crippen molar-refractivity contribution in [3.05, 3.63) is 0 Å². The maximum Gasteiger partial charge on any atom is 0.0781 e. The first kappa shape index (κ1) is 17.8. The van der Waals surface area contributed by atoms with Crippen molar-refractivity contribution in [3.8, 4) is 0 Å². The van der Waals surface area contributed by atoms with Gasteiger partial charge in [-0.3, -0.25) is 0 Å². The Morgan fingerprint density at radius 3 is 2.06 bits per heavy atom. The van der Waals surface area contributed by atoms with Gasteiger partial charge in [0.15, 0.2) is 0 Å². The molecule has 0 amide bonds. The largest absolute Gasteiger partial charge is 0.394 e. The molecule has 1 N–H and O–H groups in total. The molecule has 110 valence electrons. The molecule has 0 radical (unpaired) electrons. The van der Waals surface area contributed by atoms with Gasteiger partial charge in [-0.15, -0.1) is 0 Å². The topological polar surface area (TPSA) is 66.4 Å². The van der Waals surface area contributed by atoms with Crippen LogP contribution in [0.5, 0.6) is 0 Å². The second kappa shape index (κ2) is 14.8. The first-order valence-corrected chi connectivity index (χ1v) is 6.26. The number of rotatable bonds is 14. The third-order valence-corrected chi connectivity index (χ3v) is 2.02. The molecular formula is C12H26O6. The SMILES string of the molecule is COCCOCCOCCOC(C)COCCO. The van der Waals surface area contributed by atoms with Crippen molar-refractivity contribution in [1.29, 1.82) is 0 Å². The van der Waals surface area contributed by atoms with Crippen LogP contribution in [0.15, 0.2) is 0 Å². The van der Waals surface area contributed by atoms with Gasteiger partial charge >= 0.3 is 0 Å². The minimum atomic E-state index is 0.0121. The molecule has 0 aliphatic rings. The molecule has 0 bridgehead atoms. The molecule has 0 rings (SSSR count). The standard InChI is InChI=1S/C12H26O6/c1-12(11-17-4-3-13)18-10-9-16-8-7-15-6-5-14-2/h12-13H,3-11H2,1-2H3. The molecule has 0 heterocycles. The second-order valence-corrected chi connectivity index (χ2v) is 3.70. The Labute approximate surface area is 109 Å². The first-order chi connectivity index (χ1) is 8.81. The highest BCUT2D eigenvalue weighted by Crippen LogP contribution is 1.92. The maximum atomic E-state index is 8.52. The van der Waals surface area contributed by atoms with Gasteiger partial charge in [-0.1, -0.05) is 0 Å². The molecule has 0 saturated heterocycles. The van der Waals surface area contributed by atoms with E-state index in [0.717, 1.165) is 0 Å². The zero-order valence-corrected chi connectivity index (χ0v) is 11.4. The third-order valence-electron chi connectivity index (χ3n) is 2.02. The summed E-state index contributed by atoms with van der Waals surface area (Å²) in [6, 6.07) is 0. The molecule has 0 aliphatic heterocycles. The Morgan fingerprint density at radius 2 is 1.44 bits per heavy atom. The quantitative estimate of drug-likeness (QED) is 0.449. The van der Waals surface area contributed by atoms with E-state index in [0.29, 0.717) is 52.9 Å². The zero-order valence-electron chi connectivity index (χ0n) is 11.4. The summed E-state index contributed by atoms with van der Waals surface area (Å²) in [7, 11) is 1.64. The highest BCUT2D eigenvalue weighted by atomic mass is 16.6. The van der Waals surface area contributed by atoms with Crippen LogP contribution in [0.3, 0.4) is 0 Å². The summed E-state index contributed by atoms with van der Waals surface area (Å²) in [6.45, 7) is 6.19. The Bertz CT molecular complexity index is 156. The molecule has 0 aromatic heterocycles. The molecule has 18 heavy (non-hydrogen) atoms. The number of aliphatic hydroxyl groups excluding tert-OH is 1. The smallest absolute Gasteiger partial charge is 0.0781 e. The summed E-state index contributed by atoms with van der Waals surface area (Å²) in [5, 5.41) is 8.52. The van der Waals surface area contributed by atoms with Crippen molar-refractivity contribution in [2.75, 3.05) is 66.6 Å². The second-order valence-electron chi connectivity index (χ2n) is 3.70. The fourth-order valence-corrected chi connectivity index (χ4v) is 1.13. The van der Waals surface area contributed by atoms with E-state index in [2.05, 4.69) is 0 Å². The molecule has 0 saturated carbocycles. The fourth-order valence-electron chi connectivity index (χ4n) is 1.13. The van der Waals surface area contributed by atoms with Gasteiger partial charge in [0.05, 0.1) is 65.6 Å². The number of ether oxygens (including phenoxy) is 5. The van der Waals surface area contributed by atoms with Crippen molar-refractivity contribution < 1.29 is 28.8 Å². The molecule has 1 atom stereocenters. The average molecular weight is 266 g/mol. The summed E-state index contributed by atoms with van der Waals surface area (Å²) < 4.78 is 26.0. The fraction of sp³-hybridized carbons (Fsp3) is 1.00. The van der Waals surface area contributed by atoms with E-state index in [1.807, 2.05) is 6.92 Å². The normalized spacial score (nSPS) is 12.8. The van der Waals surface area contributed by atoms with Crippen LogP contribution in [0.25, 0.3) is 0 Å². The van der Waals surface area contributed by atoms with Crippen molar-refractivity contribution in [2.24, 2.45) is 0 Å². The summed E-state index contributed by atoms with van der Waals surface area (Å²) in [4.78, 5) is 0. The molecule has 1 unspecified atom stereocenters. The molecular weight excluding hydrogens is 240 g/mol. The molecule has 6 nitrogen and oxygen atoms in total. The van der Waals surface area contributed by atoms with E-state index in [1.165, 1.54) is 0 Å². The van der Waals surface area contributed by atoms with Crippen molar-refractivity contribution >= 4 is 0 Å². The lowest BCUT2D eigenvalue weighted by Crippen LogP contribution is -2.20. The predicted octanol–water partition coefficient (Wildman–Crippen LogP) is 0.0800. The van der Waals surface area contributed by atoms with Crippen molar-refractivity contribution in [2.45, 2.75) is 13.0 Å². The molecule has 0 spiro atoms. The molecule has 0 aromatic carbocycles. The van der Waals surface area contributed by atoms with Crippen LogP contribution in [-0.4, -0.2) is 77.8 Å². The monoisotopic (exact) mass is 266 g/mol. The van der Waals surface area contributed by atoms with E-state index in [1.54, 1.807) is 7.11 Å². The summed E-state index contributed by atoms with van der Waals surface area (Å²) >= 11 is 0. The Hall–Kier alpha value is -0.240. The lowest BCUT2D eigenvalue weighted by Gasteiger charge is -2.13. The van der Waals surface area contributed by atoms with Crippen LogP contribution < -0.4 is 0 Å². The van der Waals surface area contributed by atoms with Crippen LogP contribution in [-0.2, 0) is 23.7 Å². The number of aliphatic hydroxyl groups is 1. The van der Waals surface area contributed by atoms with Gasteiger partial charge in [-0.2, -0.15) is 0 Å². The lowest BCUT2D eigenvalue weighted by atomic mass is 10.4. The number of hydrogen-bond acceptors (Lipinski definition) is 6. The van der Waals surface area contributed by atoms with Gasteiger partial charge < -0.3 is 28.8 Å². The number of methoxy groups -OCH3 is 1. The van der Waals surface area contributed by atoms with Crippen LogP contribution >= 0.6 is 0 Å². The molecule has 0 aromatic rings. The van der Waals surface area contributed by atoms with Crippen LogP contribution in [0.4, 0.5) is 0 Å². The van der Waals surface area contributed by atoms with Crippen LogP contribution in [0, 0.1) is 0 Å². The highest BCUT2D eigenvalue weighted by molar-refractivity contribution is 4.47. The Balaban J connectivity index is 3.05. The van der Waals surface area contributed by atoms with Crippen LogP contribution in [0.1, 0.15) is 6.92 Å². The Morgan fingerprint density at radius 1 is 0.833 bits per heavy atom. The van der Waals surface area contributed by atoms with Gasteiger partial charge in [0.1, 0.15) is 0 Å². The van der Waals surface area contributed by atoms with E-state index in [4.69, 9.17) is 28.8 Å². The van der Waals surface area contributed by atoms with Crippen molar-refractivity contribution in [1.82, 2.24) is 0 Å². The number of hydrogen-bond donors (Lipinski definition) is 1. The summed E-state index contributed by atoms with van der Waals surface area (Å²) in [5.74, 6) is 0. The van der Waals surface area contributed by atoms with Gasteiger partial charge in [-0.25, -0.2) is 0 Å². The van der Waals surface area contributed by atoms with Gasteiger partial charge in [0.2, 0.25) is 0 Å². The third kappa shape index (κ3) is 13.8. The molecule has 6 heteroatoms. The maximum absolute atomic E-state index is 8.52. The first-order valence-electron chi connectivity index (χ1n) is 6.26. The van der Waals surface area contributed by atoms with Crippen molar-refractivity contribution in [3.63, 3.8) is 0 Å². The van der Waals surface area contributed by atoms with Gasteiger partial charge in [-0.05, 0) is 6.92 Å². The van der Waals surface area contributed by atoms with Gasteiger partial charge in [0.25, 0.3) is 0 Å². The highest BCUT2D eigenvalue weighted by Gasteiger charge is 2.01. The van der Waals surface area contributed by atoms with E-state index in [9.17, 15) is 0 Å². The average Bonchev–Trinajstić information content (AvgIpc) is 2.37. The summed E-state index contributed by atoms with van der Waals surface area (Å²) in [5.41, 5.74) is 0. The van der Waals surface area contributed by atoms with Gasteiger partial charge in [0, 0.05) is 7.11 Å². The minimum Gasteiger partial charge on any atom is -0.394 e. The van der Waals surface area contributed by atoms with E-state index in [-0.39, 0.29) is 12.7 Å². The Kier molecular flexibility index (Phi) is 14.6. The summed E-state index contributed by atoms with van der Waals surface area (Å²) in [6.07, 6.45) is 0.0121. The zero-order chi connectivity index (χ0) is 13.5. The van der Waals surface area contributed by atoms with Crippen LogP contribution in [0.2, 0.25) is 0 Å².